The number of anilines is 1. The fourth-order valence-electron chi connectivity index (χ4n) is 2.04. The number of rotatable bonds is 4. The molecule has 0 unspecified atom stereocenters. The number of carbonyl (C=O) groups excluding carboxylic acids is 1. The highest BCUT2D eigenvalue weighted by Crippen LogP contribution is 2.29. The molecule has 98 valence electrons. The largest absolute Gasteiger partial charge is 0.324 e. The number of benzene rings is 1. The van der Waals surface area contributed by atoms with E-state index in [1.165, 1.54) is 5.56 Å². The van der Waals surface area contributed by atoms with Crippen LogP contribution in [0.1, 0.15) is 25.3 Å². The van der Waals surface area contributed by atoms with Crippen molar-refractivity contribution >= 4 is 11.6 Å². The van der Waals surface area contributed by atoms with Crippen LogP contribution in [0.5, 0.6) is 0 Å². The molecule has 1 heterocycles. The fraction of sp³-hybridized carbons (Fsp3) is 0.250. The Kier molecular flexibility index (Phi) is 4.29. The van der Waals surface area contributed by atoms with Crippen molar-refractivity contribution < 1.29 is 4.79 Å². The van der Waals surface area contributed by atoms with Gasteiger partial charge in [-0.25, -0.2) is 0 Å². The van der Waals surface area contributed by atoms with E-state index in [4.69, 9.17) is 0 Å². The molecule has 0 spiro atoms. The monoisotopic (exact) mass is 254 g/mol. The van der Waals surface area contributed by atoms with Crippen molar-refractivity contribution in [2.24, 2.45) is 0 Å². The van der Waals surface area contributed by atoms with Crippen LogP contribution in [0.4, 0.5) is 5.69 Å². The highest BCUT2D eigenvalue weighted by molar-refractivity contribution is 5.95. The van der Waals surface area contributed by atoms with E-state index >= 15 is 0 Å². The Labute approximate surface area is 113 Å². The lowest BCUT2D eigenvalue weighted by atomic mass is 10.0. The second-order valence-corrected chi connectivity index (χ2v) is 4.53. The molecule has 1 N–H and O–H groups in total. The first-order valence-electron chi connectivity index (χ1n) is 6.52. The molecule has 0 aliphatic heterocycles. The first kappa shape index (κ1) is 13.3. The highest BCUT2D eigenvalue weighted by atomic mass is 16.1. The smallest absolute Gasteiger partial charge is 0.224 e. The summed E-state index contributed by atoms with van der Waals surface area (Å²) >= 11 is 0. The summed E-state index contributed by atoms with van der Waals surface area (Å²) < 4.78 is 0. The van der Waals surface area contributed by atoms with Crippen LogP contribution >= 0.6 is 0 Å². The maximum absolute atomic E-state index is 11.7. The van der Waals surface area contributed by atoms with Crippen LogP contribution in [0.3, 0.4) is 0 Å². The second-order valence-electron chi connectivity index (χ2n) is 4.53. The lowest BCUT2D eigenvalue weighted by Crippen LogP contribution is -2.11. The molecule has 0 aliphatic carbocycles. The summed E-state index contributed by atoms with van der Waals surface area (Å²) in [5, 5.41) is 2.94. The molecule has 0 saturated heterocycles. The summed E-state index contributed by atoms with van der Waals surface area (Å²) in [7, 11) is 0. The number of carbonyl (C=O) groups is 1. The van der Waals surface area contributed by atoms with Gasteiger partial charge in [-0.15, -0.1) is 0 Å². The van der Waals surface area contributed by atoms with Crippen LogP contribution in [-0.4, -0.2) is 10.9 Å². The van der Waals surface area contributed by atoms with Crippen molar-refractivity contribution in [2.75, 3.05) is 5.32 Å². The van der Waals surface area contributed by atoms with Crippen LogP contribution in [-0.2, 0) is 4.79 Å². The van der Waals surface area contributed by atoms with E-state index in [1.54, 1.807) is 12.4 Å². The summed E-state index contributed by atoms with van der Waals surface area (Å²) in [6, 6.07) is 10.1. The number of nitrogens with zero attached hydrogens (tertiary/aromatic N) is 1. The molecule has 1 aromatic heterocycles. The molecule has 0 atom stereocenters. The molecule has 0 fully saturated rings. The summed E-state index contributed by atoms with van der Waals surface area (Å²) in [4.78, 5) is 15.8. The Morgan fingerprint density at radius 2 is 2.00 bits per heavy atom. The van der Waals surface area contributed by atoms with Crippen LogP contribution in [0.15, 0.2) is 42.7 Å². The molecule has 3 nitrogen and oxygen atoms in total. The van der Waals surface area contributed by atoms with E-state index in [9.17, 15) is 4.79 Å². The zero-order chi connectivity index (χ0) is 13.7. The van der Waals surface area contributed by atoms with Gasteiger partial charge in [-0.3, -0.25) is 9.78 Å². The van der Waals surface area contributed by atoms with Crippen molar-refractivity contribution in [3.05, 3.63) is 48.3 Å². The van der Waals surface area contributed by atoms with Gasteiger partial charge in [0.15, 0.2) is 0 Å². The number of amides is 1. The third kappa shape index (κ3) is 3.19. The topological polar surface area (TPSA) is 42.0 Å². The summed E-state index contributed by atoms with van der Waals surface area (Å²) in [6.07, 6.45) is 4.82. The summed E-state index contributed by atoms with van der Waals surface area (Å²) in [6.45, 7) is 4.05. The number of nitrogens with one attached hydrogen (secondary N) is 1. The Balaban J connectivity index is 2.37. The second kappa shape index (κ2) is 6.14. The molecule has 0 bridgehead atoms. The molecule has 3 heteroatoms. The zero-order valence-corrected chi connectivity index (χ0v) is 11.3. The number of pyridine rings is 1. The Bertz CT molecular complexity index is 578. The maximum Gasteiger partial charge on any atom is 0.224 e. The summed E-state index contributed by atoms with van der Waals surface area (Å²) in [5.74, 6) is 0.0327. The van der Waals surface area contributed by atoms with E-state index in [0.717, 1.165) is 23.2 Å². The predicted molar refractivity (Wildman–Crippen MR) is 77.9 cm³/mol. The molecular weight excluding hydrogens is 236 g/mol. The Morgan fingerprint density at radius 1 is 1.21 bits per heavy atom. The standard InChI is InChI=1S/C16H18N2O/c1-3-6-16(19)18-15-11-17-10-9-14(15)13-8-5-4-7-12(13)2/h4-5,7-11H,3,6H2,1-2H3,(H,18,19). The summed E-state index contributed by atoms with van der Waals surface area (Å²) in [5.41, 5.74) is 4.09. The molecule has 0 aliphatic rings. The van der Waals surface area contributed by atoms with E-state index < -0.39 is 0 Å². The van der Waals surface area contributed by atoms with Gasteiger partial charge >= 0.3 is 0 Å². The normalized spacial score (nSPS) is 10.2. The van der Waals surface area contributed by atoms with Crippen molar-refractivity contribution in [1.29, 1.82) is 0 Å². The fourth-order valence-corrected chi connectivity index (χ4v) is 2.04. The molecule has 0 saturated carbocycles. The minimum atomic E-state index is 0.0327. The van der Waals surface area contributed by atoms with Gasteiger partial charge in [0.2, 0.25) is 5.91 Å². The van der Waals surface area contributed by atoms with Crippen LogP contribution in [0.2, 0.25) is 0 Å². The number of aromatic nitrogens is 1. The van der Waals surface area contributed by atoms with Crippen LogP contribution in [0, 0.1) is 6.92 Å². The van der Waals surface area contributed by atoms with E-state index in [-0.39, 0.29) is 5.91 Å². The average molecular weight is 254 g/mol. The van der Waals surface area contributed by atoms with Crippen molar-refractivity contribution in [3.8, 4) is 11.1 Å². The lowest BCUT2D eigenvalue weighted by molar-refractivity contribution is -0.116. The highest BCUT2D eigenvalue weighted by Gasteiger charge is 2.09. The Morgan fingerprint density at radius 3 is 2.74 bits per heavy atom. The first-order chi connectivity index (χ1) is 9.22. The third-order valence-corrected chi connectivity index (χ3v) is 3.01. The van der Waals surface area contributed by atoms with Gasteiger partial charge in [0.25, 0.3) is 0 Å². The van der Waals surface area contributed by atoms with Gasteiger partial charge in [-0.2, -0.15) is 0 Å². The van der Waals surface area contributed by atoms with Gasteiger partial charge in [-0.1, -0.05) is 31.2 Å². The minimum absolute atomic E-state index is 0.0327. The molecule has 19 heavy (non-hydrogen) atoms. The van der Waals surface area contributed by atoms with E-state index in [0.29, 0.717) is 6.42 Å². The molecule has 2 rings (SSSR count). The minimum Gasteiger partial charge on any atom is -0.324 e. The van der Waals surface area contributed by atoms with Crippen molar-refractivity contribution in [1.82, 2.24) is 4.98 Å². The lowest BCUT2D eigenvalue weighted by Gasteiger charge is -2.12. The van der Waals surface area contributed by atoms with Gasteiger partial charge in [-0.05, 0) is 30.5 Å². The van der Waals surface area contributed by atoms with Crippen LogP contribution < -0.4 is 5.32 Å². The molecular formula is C16H18N2O. The van der Waals surface area contributed by atoms with Gasteiger partial charge < -0.3 is 5.32 Å². The van der Waals surface area contributed by atoms with Gasteiger partial charge in [0, 0.05) is 18.2 Å². The molecule has 0 radical (unpaired) electrons. The molecule has 2 aromatic rings. The van der Waals surface area contributed by atoms with Crippen molar-refractivity contribution in [2.45, 2.75) is 26.7 Å². The van der Waals surface area contributed by atoms with Gasteiger partial charge in [0.05, 0.1) is 11.9 Å². The number of hydrogen-bond donors (Lipinski definition) is 1. The third-order valence-electron chi connectivity index (χ3n) is 3.01. The quantitative estimate of drug-likeness (QED) is 0.901. The van der Waals surface area contributed by atoms with E-state index in [1.807, 2.05) is 25.1 Å². The zero-order valence-electron chi connectivity index (χ0n) is 11.3. The molecule has 1 aromatic carbocycles. The van der Waals surface area contributed by atoms with Gasteiger partial charge in [0.1, 0.15) is 0 Å². The number of aryl methyl sites for hydroxylation is 1. The van der Waals surface area contributed by atoms with Crippen LogP contribution in [0.25, 0.3) is 11.1 Å². The van der Waals surface area contributed by atoms with Crippen molar-refractivity contribution in [3.63, 3.8) is 0 Å². The predicted octanol–water partition coefficient (Wildman–Crippen LogP) is 3.80. The first-order valence-corrected chi connectivity index (χ1v) is 6.52. The average Bonchev–Trinajstić information content (AvgIpc) is 2.40. The Hall–Kier alpha value is -2.16. The van der Waals surface area contributed by atoms with E-state index in [2.05, 4.69) is 29.4 Å². The SMILES string of the molecule is CCCC(=O)Nc1cnccc1-c1ccccc1C. The maximum atomic E-state index is 11.7. The number of hydrogen-bond acceptors (Lipinski definition) is 2. The molecule has 1 amide bonds.